The average Bonchev–Trinajstić information content (AvgIpc) is 2.48. The lowest BCUT2D eigenvalue weighted by atomic mass is 10.1. The molecule has 0 bridgehead atoms. The highest BCUT2D eigenvalue weighted by atomic mass is 16.5. The van der Waals surface area contributed by atoms with Gasteiger partial charge in [0.2, 0.25) is 0 Å². The Balaban J connectivity index is 1.86. The number of ether oxygens (including phenoxy) is 2. The quantitative estimate of drug-likeness (QED) is 0.478. The van der Waals surface area contributed by atoms with Crippen molar-refractivity contribution in [2.24, 2.45) is 5.84 Å². The van der Waals surface area contributed by atoms with Gasteiger partial charge in [0.25, 0.3) is 5.91 Å². The van der Waals surface area contributed by atoms with Crippen molar-refractivity contribution < 1.29 is 14.3 Å². The van der Waals surface area contributed by atoms with Crippen LogP contribution in [0.4, 0.5) is 0 Å². The maximum absolute atomic E-state index is 11.6. The zero-order chi connectivity index (χ0) is 13.5. The molecule has 1 atom stereocenters. The molecule has 2 rings (SSSR count). The number of amides is 1. The molecule has 1 unspecified atom stereocenters. The van der Waals surface area contributed by atoms with E-state index in [4.69, 9.17) is 15.3 Å². The number of benzene rings is 1. The zero-order valence-electron chi connectivity index (χ0n) is 10.9. The van der Waals surface area contributed by atoms with Crippen LogP contribution < -0.4 is 11.3 Å². The van der Waals surface area contributed by atoms with Gasteiger partial charge in [-0.2, -0.15) is 0 Å². The van der Waals surface area contributed by atoms with Gasteiger partial charge in [0, 0.05) is 12.2 Å². The fourth-order valence-electron chi connectivity index (χ4n) is 2.18. The van der Waals surface area contributed by atoms with Crippen molar-refractivity contribution in [1.82, 2.24) is 5.43 Å². The Bertz CT molecular complexity index is 417. The fraction of sp³-hybridized carbons (Fsp3) is 0.500. The molecule has 5 nitrogen and oxygen atoms in total. The Morgan fingerprint density at radius 3 is 3.00 bits per heavy atom. The molecule has 1 fully saturated rings. The SMILES string of the molecule is NNC(=O)c1ccccc1COCC1CCCCO1. The predicted molar refractivity (Wildman–Crippen MR) is 71.3 cm³/mol. The summed E-state index contributed by atoms with van der Waals surface area (Å²) in [5.74, 6) is 4.86. The molecule has 5 heteroatoms. The van der Waals surface area contributed by atoms with Crippen LogP contribution in [-0.4, -0.2) is 25.2 Å². The summed E-state index contributed by atoms with van der Waals surface area (Å²) >= 11 is 0. The van der Waals surface area contributed by atoms with Crippen molar-refractivity contribution in [3.8, 4) is 0 Å². The first-order chi connectivity index (χ1) is 9.31. The third-order valence-corrected chi connectivity index (χ3v) is 3.23. The molecule has 1 saturated heterocycles. The van der Waals surface area contributed by atoms with Crippen LogP contribution in [0.15, 0.2) is 24.3 Å². The fourth-order valence-corrected chi connectivity index (χ4v) is 2.18. The Morgan fingerprint density at radius 1 is 1.42 bits per heavy atom. The summed E-state index contributed by atoms with van der Waals surface area (Å²) in [5.41, 5.74) is 3.53. The molecular weight excluding hydrogens is 244 g/mol. The maximum Gasteiger partial charge on any atom is 0.265 e. The van der Waals surface area contributed by atoms with Crippen molar-refractivity contribution in [2.75, 3.05) is 13.2 Å². The van der Waals surface area contributed by atoms with Gasteiger partial charge in [0.1, 0.15) is 0 Å². The van der Waals surface area contributed by atoms with E-state index in [-0.39, 0.29) is 12.0 Å². The van der Waals surface area contributed by atoms with Crippen LogP contribution in [0, 0.1) is 0 Å². The summed E-state index contributed by atoms with van der Waals surface area (Å²) in [4.78, 5) is 11.6. The third kappa shape index (κ3) is 4.02. The summed E-state index contributed by atoms with van der Waals surface area (Å²) in [6.45, 7) is 1.78. The number of nitrogens with one attached hydrogen (secondary N) is 1. The number of hydrogen-bond donors (Lipinski definition) is 2. The number of carbonyl (C=O) groups excluding carboxylic acids is 1. The second kappa shape index (κ2) is 7.23. The smallest absolute Gasteiger partial charge is 0.265 e. The van der Waals surface area contributed by atoms with Gasteiger partial charge in [-0.1, -0.05) is 18.2 Å². The van der Waals surface area contributed by atoms with E-state index in [1.807, 2.05) is 12.1 Å². The summed E-state index contributed by atoms with van der Waals surface area (Å²) in [7, 11) is 0. The lowest BCUT2D eigenvalue weighted by Crippen LogP contribution is -2.31. The van der Waals surface area contributed by atoms with E-state index in [1.165, 1.54) is 6.42 Å². The van der Waals surface area contributed by atoms with E-state index >= 15 is 0 Å². The maximum atomic E-state index is 11.6. The van der Waals surface area contributed by atoms with E-state index in [2.05, 4.69) is 5.43 Å². The summed E-state index contributed by atoms with van der Waals surface area (Å²) < 4.78 is 11.2. The van der Waals surface area contributed by atoms with Gasteiger partial charge < -0.3 is 9.47 Å². The van der Waals surface area contributed by atoms with Crippen molar-refractivity contribution in [3.05, 3.63) is 35.4 Å². The van der Waals surface area contributed by atoms with E-state index < -0.39 is 0 Å². The first kappa shape index (κ1) is 14.0. The Hall–Kier alpha value is -1.43. The van der Waals surface area contributed by atoms with E-state index in [0.29, 0.717) is 18.8 Å². The van der Waals surface area contributed by atoms with Gasteiger partial charge in [-0.05, 0) is 30.9 Å². The highest BCUT2D eigenvalue weighted by molar-refractivity contribution is 5.95. The number of nitrogen functional groups attached to an aromatic ring is 1. The third-order valence-electron chi connectivity index (χ3n) is 3.23. The summed E-state index contributed by atoms with van der Waals surface area (Å²) in [6, 6.07) is 7.28. The molecular formula is C14H20N2O3. The molecule has 1 aliphatic heterocycles. The lowest BCUT2D eigenvalue weighted by Gasteiger charge is -2.22. The first-order valence-corrected chi connectivity index (χ1v) is 6.59. The minimum atomic E-state index is -0.298. The molecule has 1 amide bonds. The first-order valence-electron chi connectivity index (χ1n) is 6.59. The molecule has 1 heterocycles. The van der Waals surface area contributed by atoms with Crippen molar-refractivity contribution in [2.45, 2.75) is 32.0 Å². The minimum Gasteiger partial charge on any atom is -0.376 e. The largest absolute Gasteiger partial charge is 0.376 e. The Labute approximate surface area is 113 Å². The topological polar surface area (TPSA) is 73.6 Å². The Kier molecular flexibility index (Phi) is 5.32. The predicted octanol–water partition coefficient (Wildman–Crippen LogP) is 1.38. The molecule has 19 heavy (non-hydrogen) atoms. The molecule has 3 N–H and O–H groups in total. The molecule has 1 aliphatic rings. The summed E-state index contributed by atoms with van der Waals surface area (Å²) in [6.07, 6.45) is 3.56. The van der Waals surface area contributed by atoms with Gasteiger partial charge in [-0.15, -0.1) is 0 Å². The molecule has 1 aromatic rings. The van der Waals surface area contributed by atoms with E-state index in [9.17, 15) is 4.79 Å². The van der Waals surface area contributed by atoms with E-state index in [1.54, 1.807) is 12.1 Å². The van der Waals surface area contributed by atoms with Gasteiger partial charge >= 0.3 is 0 Å². The standard InChI is InChI=1S/C14H20N2O3/c15-16-14(17)13-7-2-1-5-11(13)9-18-10-12-6-3-4-8-19-12/h1-2,5,7,12H,3-4,6,8-10,15H2,(H,16,17). The number of nitrogens with two attached hydrogens (primary N) is 1. The van der Waals surface area contributed by atoms with Crippen molar-refractivity contribution in [1.29, 1.82) is 0 Å². The van der Waals surface area contributed by atoms with Crippen molar-refractivity contribution in [3.63, 3.8) is 0 Å². The van der Waals surface area contributed by atoms with Crippen LogP contribution in [0.5, 0.6) is 0 Å². The monoisotopic (exact) mass is 264 g/mol. The molecule has 0 saturated carbocycles. The van der Waals surface area contributed by atoms with Gasteiger partial charge in [-0.25, -0.2) is 5.84 Å². The normalized spacial score (nSPS) is 19.1. The molecule has 0 radical (unpaired) electrons. The molecule has 104 valence electrons. The molecule has 0 spiro atoms. The Morgan fingerprint density at radius 2 is 2.26 bits per heavy atom. The second-order valence-electron chi connectivity index (χ2n) is 4.63. The van der Waals surface area contributed by atoms with E-state index in [0.717, 1.165) is 25.0 Å². The zero-order valence-corrected chi connectivity index (χ0v) is 10.9. The molecule has 0 aromatic heterocycles. The highest BCUT2D eigenvalue weighted by Crippen LogP contribution is 2.15. The van der Waals surface area contributed by atoms with Crippen LogP contribution in [0.3, 0.4) is 0 Å². The number of rotatable bonds is 5. The van der Waals surface area contributed by atoms with Gasteiger partial charge in [0.05, 0.1) is 19.3 Å². The van der Waals surface area contributed by atoms with Crippen LogP contribution >= 0.6 is 0 Å². The van der Waals surface area contributed by atoms with Gasteiger partial charge in [-0.3, -0.25) is 10.2 Å². The van der Waals surface area contributed by atoms with Crippen LogP contribution in [0.2, 0.25) is 0 Å². The average molecular weight is 264 g/mol. The number of carbonyl (C=O) groups is 1. The molecule has 1 aromatic carbocycles. The highest BCUT2D eigenvalue weighted by Gasteiger charge is 2.15. The minimum absolute atomic E-state index is 0.184. The lowest BCUT2D eigenvalue weighted by molar-refractivity contribution is -0.0448. The number of hydrogen-bond acceptors (Lipinski definition) is 4. The molecule has 0 aliphatic carbocycles. The number of hydrazine groups is 1. The van der Waals surface area contributed by atoms with Crippen molar-refractivity contribution >= 4 is 5.91 Å². The van der Waals surface area contributed by atoms with Gasteiger partial charge in [0.15, 0.2) is 0 Å². The second-order valence-corrected chi connectivity index (χ2v) is 4.63. The van der Waals surface area contributed by atoms with Crippen LogP contribution in [0.25, 0.3) is 0 Å². The van der Waals surface area contributed by atoms with Crippen LogP contribution in [0.1, 0.15) is 35.2 Å². The summed E-state index contributed by atoms with van der Waals surface area (Å²) in [5, 5.41) is 0. The van der Waals surface area contributed by atoms with Crippen LogP contribution in [-0.2, 0) is 16.1 Å².